The molecule has 0 bridgehead atoms. The Morgan fingerprint density at radius 2 is 2.19 bits per heavy atom. The molecule has 6 heteroatoms. The second kappa shape index (κ2) is 5.50. The summed E-state index contributed by atoms with van der Waals surface area (Å²) in [5.41, 5.74) is 0.327. The number of halogens is 1. The van der Waals surface area contributed by atoms with Gasteiger partial charge in [0.1, 0.15) is 0 Å². The number of anilines is 1. The van der Waals surface area contributed by atoms with Gasteiger partial charge in [0.2, 0.25) is 10.0 Å². The SMILES string of the molecule is CC(C)CCS(=O)(=O)Nc1cnccc1Cl. The molecule has 0 atom stereocenters. The molecule has 1 aromatic rings. The molecule has 0 aliphatic heterocycles. The number of rotatable bonds is 5. The van der Waals surface area contributed by atoms with Crippen molar-refractivity contribution in [2.24, 2.45) is 5.92 Å². The Kier molecular flexibility index (Phi) is 4.56. The molecule has 0 radical (unpaired) electrons. The average Bonchev–Trinajstić information content (AvgIpc) is 2.19. The van der Waals surface area contributed by atoms with Gasteiger partial charge in [-0.25, -0.2) is 8.42 Å². The minimum atomic E-state index is -3.33. The fraction of sp³-hybridized carbons (Fsp3) is 0.500. The smallest absolute Gasteiger partial charge is 0.232 e. The van der Waals surface area contributed by atoms with Gasteiger partial charge in [-0.2, -0.15) is 0 Å². The minimum absolute atomic E-state index is 0.0931. The lowest BCUT2D eigenvalue weighted by molar-refractivity contribution is 0.578. The van der Waals surface area contributed by atoms with E-state index in [1.807, 2.05) is 13.8 Å². The number of pyridine rings is 1. The van der Waals surface area contributed by atoms with Crippen molar-refractivity contribution in [1.82, 2.24) is 4.98 Å². The van der Waals surface area contributed by atoms with E-state index in [2.05, 4.69) is 9.71 Å². The van der Waals surface area contributed by atoms with Gasteiger partial charge >= 0.3 is 0 Å². The van der Waals surface area contributed by atoms with Crippen LogP contribution in [-0.4, -0.2) is 19.2 Å². The monoisotopic (exact) mass is 262 g/mol. The highest BCUT2D eigenvalue weighted by Gasteiger charge is 2.13. The number of hydrogen-bond donors (Lipinski definition) is 1. The van der Waals surface area contributed by atoms with Crippen molar-refractivity contribution in [2.45, 2.75) is 20.3 Å². The topological polar surface area (TPSA) is 59.1 Å². The third kappa shape index (κ3) is 4.37. The van der Waals surface area contributed by atoms with Gasteiger partial charge in [-0.1, -0.05) is 25.4 Å². The molecule has 0 amide bonds. The standard InChI is InChI=1S/C10H15ClN2O2S/c1-8(2)4-6-16(14,15)13-10-7-12-5-3-9(10)11/h3,5,7-8,13H,4,6H2,1-2H3. The number of nitrogens with zero attached hydrogens (tertiary/aromatic N) is 1. The third-order valence-corrected chi connectivity index (χ3v) is 3.63. The highest BCUT2D eigenvalue weighted by atomic mass is 35.5. The predicted octanol–water partition coefficient (Wildman–Crippen LogP) is 2.52. The van der Waals surface area contributed by atoms with E-state index in [4.69, 9.17) is 11.6 Å². The summed E-state index contributed by atoms with van der Waals surface area (Å²) in [7, 11) is -3.33. The van der Waals surface area contributed by atoms with Gasteiger partial charge < -0.3 is 0 Å². The van der Waals surface area contributed by atoms with Crippen LogP contribution in [0.4, 0.5) is 5.69 Å². The van der Waals surface area contributed by atoms with E-state index in [0.717, 1.165) is 0 Å². The number of nitrogens with one attached hydrogen (secondary N) is 1. The second-order valence-electron chi connectivity index (χ2n) is 3.96. The zero-order chi connectivity index (χ0) is 12.2. The summed E-state index contributed by atoms with van der Waals surface area (Å²) in [4.78, 5) is 3.81. The molecule has 0 fully saturated rings. The molecular formula is C10H15ClN2O2S. The van der Waals surface area contributed by atoms with Crippen LogP contribution in [0.2, 0.25) is 5.02 Å². The molecule has 0 unspecified atom stereocenters. The maximum absolute atomic E-state index is 11.7. The molecule has 90 valence electrons. The van der Waals surface area contributed by atoms with E-state index >= 15 is 0 Å². The molecule has 0 saturated carbocycles. The van der Waals surface area contributed by atoms with Crippen LogP contribution in [0.5, 0.6) is 0 Å². The minimum Gasteiger partial charge on any atom is -0.280 e. The van der Waals surface area contributed by atoms with Crippen molar-refractivity contribution in [3.8, 4) is 0 Å². The Bertz CT molecular complexity index is 446. The molecule has 0 aliphatic carbocycles. The lowest BCUT2D eigenvalue weighted by atomic mass is 10.2. The van der Waals surface area contributed by atoms with Crippen LogP contribution < -0.4 is 4.72 Å². The molecule has 1 N–H and O–H groups in total. The molecular weight excluding hydrogens is 248 g/mol. The van der Waals surface area contributed by atoms with E-state index in [-0.39, 0.29) is 5.75 Å². The molecule has 1 heterocycles. The fourth-order valence-corrected chi connectivity index (χ4v) is 2.65. The second-order valence-corrected chi connectivity index (χ2v) is 6.21. The van der Waals surface area contributed by atoms with E-state index in [0.29, 0.717) is 23.0 Å². The number of sulfonamides is 1. The summed E-state index contributed by atoms with van der Waals surface area (Å²) in [6.45, 7) is 3.96. The molecule has 1 rings (SSSR count). The van der Waals surface area contributed by atoms with Gasteiger partial charge in [0.05, 0.1) is 22.7 Å². The van der Waals surface area contributed by atoms with Crippen molar-refractivity contribution in [1.29, 1.82) is 0 Å². The molecule has 0 saturated heterocycles. The van der Waals surface area contributed by atoms with Gasteiger partial charge in [-0.3, -0.25) is 9.71 Å². The van der Waals surface area contributed by atoms with Crippen molar-refractivity contribution < 1.29 is 8.42 Å². The largest absolute Gasteiger partial charge is 0.280 e. The molecule has 0 spiro atoms. The third-order valence-electron chi connectivity index (χ3n) is 2.00. The first-order valence-electron chi connectivity index (χ1n) is 5.01. The van der Waals surface area contributed by atoms with E-state index in [1.54, 1.807) is 6.07 Å². The summed E-state index contributed by atoms with van der Waals surface area (Å²) >= 11 is 5.83. The van der Waals surface area contributed by atoms with E-state index in [1.165, 1.54) is 12.4 Å². The van der Waals surface area contributed by atoms with Gasteiger partial charge in [0.15, 0.2) is 0 Å². The van der Waals surface area contributed by atoms with Crippen LogP contribution in [0, 0.1) is 5.92 Å². The normalized spacial score (nSPS) is 11.8. The van der Waals surface area contributed by atoms with E-state index in [9.17, 15) is 8.42 Å². The van der Waals surface area contributed by atoms with Crippen LogP contribution >= 0.6 is 11.6 Å². The summed E-state index contributed by atoms with van der Waals surface area (Å²) < 4.78 is 25.7. The van der Waals surface area contributed by atoms with Crippen molar-refractivity contribution in [2.75, 3.05) is 10.5 Å². The van der Waals surface area contributed by atoms with Crippen molar-refractivity contribution >= 4 is 27.3 Å². The molecule has 16 heavy (non-hydrogen) atoms. The van der Waals surface area contributed by atoms with Crippen molar-refractivity contribution in [3.05, 3.63) is 23.5 Å². The van der Waals surface area contributed by atoms with Gasteiger partial charge in [-0.05, 0) is 18.4 Å². The molecule has 0 aromatic carbocycles. The maximum atomic E-state index is 11.7. The zero-order valence-corrected chi connectivity index (χ0v) is 10.8. The zero-order valence-electron chi connectivity index (χ0n) is 9.27. The number of aromatic nitrogens is 1. The quantitative estimate of drug-likeness (QED) is 0.887. The maximum Gasteiger partial charge on any atom is 0.232 e. The van der Waals surface area contributed by atoms with Gasteiger partial charge in [-0.15, -0.1) is 0 Å². The van der Waals surface area contributed by atoms with Crippen LogP contribution in [0.25, 0.3) is 0 Å². The first-order valence-corrected chi connectivity index (χ1v) is 7.04. The van der Waals surface area contributed by atoms with Crippen LogP contribution in [-0.2, 0) is 10.0 Å². The Morgan fingerprint density at radius 3 is 2.75 bits per heavy atom. The van der Waals surface area contributed by atoms with Crippen LogP contribution in [0.3, 0.4) is 0 Å². The van der Waals surface area contributed by atoms with Crippen LogP contribution in [0.1, 0.15) is 20.3 Å². The predicted molar refractivity (Wildman–Crippen MR) is 66.1 cm³/mol. The van der Waals surface area contributed by atoms with Gasteiger partial charge in [0.25, 0.3) is 0 Å². The van der Waals surface area contributed by atoms with Gasteiger partial charge in [0, 0.05) is 6.20 Å². The first kappa shape index (κ1) is 13.3. The number of hydrogen-bond acceptors (Lipinski definition) is 3. The molecule has 4 nitrogen and oxygen atoms in total. The Labute approximate surface area is 101 Å². The lowest BCUT2D eigenvalue weighted by Gasteiger charge is -2.09. The summed E-state index contributed by atoms with van der Waals surface area (Å²) in [5.74, 6) is 0.441. The Hall–Kier alpha value is -0.810. The highest BCUT2D eigenvalue weighted by molar-refractivity contribution is 7.92. The first-order chi connectivity index (χ1) is 7.41. The highest BCUT2D eigenvalue weighted by Crippen LogP contribution is 2.20. The Morgan fingerprint density at radius 1 is 1.50 bits per heavy atom. The molecule has 1 aromatic heterocycles. The summed E-state index contributed by atoms with van der Waals surface area (Å²) in [6.07, 6.45) is 3.52. The van der Waals surface area contributed by atoms with E-state index < -0.39 is 10.0 Å². The summed E-state index contributed by atoms with van der Waals surface area (Å²) in [5, 5.41) is 0.350. The summed E-state index contributed by atoms with van der Waals surface area (Å²) in [6, 6.07) is 1.54. The average molecular weight is 263 g/mol. The van der Waals surface area contributed by atoms with Crippen LogP contribution in [0.15, 0.2) is 18.5 Å². The van der Waals surface area contributed by atoms with Crippen molar-refractivity contribution in [3.63, 3.8) is 0 Å². The Balaban J connectivity index is 2.70. The molecule has 0 aliphatic rings. The fourth-order valence-electron chi connectivity index (χ4n) is 1.06. The lowest BCUT2D eigenvalue weighted by Crippen LogP contribution is -2.18.